The van der Waals surface area contributed by atoms with Crippen LogP contribution in [0.2, 0.25) is 0 Å². The van der Waals surface area contributed by atoms with Crippen LogP contribution >= 0.6 is 0 Å². The number of benzene rings is 2. The molecule has 1 amide bonds. The van der Waals surface area contributed by atoms with E-state index < -0.39 is 6.04 Å². The molecule has 0 heterocycles. The summed E-state index contributed by atoms with van der Waals surface area (Å²) in [4.78, 5) is 12.1. The molecule has 0 aromatic heterocycles. The number of carbonyl (C=O) groups is 1. The molecule has 2 aromatic rings. The van der Waals surface area contributed by atoms with E-state index in [4.69, 9.17) is 11.0 Å². The van der Waals surface area contributed by atoms with E-state index in [2.05, 4.69) is 5.32 Å². The monoisotopic (exact) mass is 281 g/mol. The molecule has 2 aromatic carbocycles. The lowest BCUT2D eigenvalue weighted by molar-refractivity contribution is -0.117. The summed E-state index contributed by atoms with van der Waals surface area (Å²) >= 11 is 0. The number of nitrogens with two attached hydrogens (primary N) is 1. The normalized spacial score (nSPS) is 11.4. The van der Waals surface area contributed by atoms with Gasteiger partial charge in [-0.3, -0.25) is 4.79 Å². The van der Waals surface area contributed by atoms with Crippen molar-refractivity contribution in [2.75, 3.05) is 5.32 Å². The summed E-state index contributed by atoms with van der Waals surface area (Å²) in [7, 11) is 0. The van der Waals surface area contributed by atoms with Crippen molar-refractivity contribution in [3.63, 3.8) is 0 Å². The van der Waals surface area contributed by atoms with Gasteiger partial charge in [0.2, 0.25) is 5.91 Å². The number of hydrogen-bond acceptors (Lipinski definition) is 4. The fourth-order valence-corrected chi connectivity index (χ4v) is 1.89. The van der Waals surface area contributed by atoms with Gasteiger partial charge in [-0.25, -0.2) is 0 Å². The fourth-order valence-electron chi connectivity index (χ4n) is 1.89. The summed E-state index contributed by atoms with van der Waals surface area (Å²) < 4.78 is 0. The van der Waals surface area contributed by atoms with Gasteiger partial charge in [-0.2, -0.15) is 5.26 Å². The van der Waals surface area contributed by atoms with Crippen molar-refractivity contribution in [2.24, 2.45) is 5.73 Å². The number of rotatable bonds is 4. The molecular weight excluding hydrogens is 266 g/mol. The molecule has 0 aliphatic heterocycles. The molecule has 4 N–H and O–H groups in total. The number of amides is 1. The van der Waals surface area contributed by atoms with Crippen LogP contribution in [-0.4, -0.2) is 17.1 Å². The van der Waals surface area contributed by atoms with Crippen molar-refractivity contribution in [1.82, 2.24) is 0 Å². The smallest absolute Gasteiger partial charge is 0.241 e. The van der Waals surface area contributed by atoms with E-state index in [1.807, 2.05) is 6.07 Å². The number of anilines is 1. The molecule has 2 rings (SSSR count). The number of aromatic hydroxyl groups is 1. The van der Waals surface area contributed by atoms with E-state index in [0.717, 1.165) is 5.56 Å². The van der Waals surface area contributed by atoms with Gasteiger partial charge in [0.25, 0.3) is 0 Å². The highest BCUT2D eigenvalue weighted by molar-refractivity contribution is 5.95. The van der Waals surface area contributed by atoms with E-state index in [9.17, 15) is 9.90 Å². The third-order valence-corrected chi connectivity index (χ3v) is 3.03. The second-order valence-electron chi connectivity index (χ2n) is 4.62. The van der Waals surface area contributed by atoms with E-state index in [-0.39, 0.29) is 11.7 Å². The van der Waals surface area contributed by atoms with Crippen molar-refractivity contribution >= 4 is 11.6 Å². The minimum atomic E-state index is -0.735. The predicted octanol–water partition coefficient (Wildman–Crippen LogP) is 1.77. The maximum absolute atomic E-state index is 12.1. The molecule has 106 valence electrons. The summed E-state index contributed by atoms with van der Waals surface area (Å²) in [6.07, 6.45) is 0.348. The van der Waals surface area contributed by atoms with Gasteiger partial charge in [0, 0.05) is 0 Å². The van der Waals surface area contributed by atoms with Crippen LogP contribution in [0.1, 0.15) is 11.1 Å². The molecule has 0 saturated heterocycles. The Hall–Kier alpha value is -2.84. The molecule has 0 aliphatic carbocycles. The number of carbonyl (C=O) groups excluding carboxylic acids is 1. The first-order valence-corrected chi connectivity index (χ1v) is 6.43. The second-order valence-corrected chi connectivity index (χ2v) is 4.62. The Bertz CT molecular complexity index is 675. The Balaban J connectivity index is 2.03. The third-order valence-electron chi connectivity index (χ3n) is 3.03. The van der Waals surface area contributed by atoms with Crippen LogP contribution < -0.4 is 11.1 Å². The average molecular weight is 281 g/mol. The zero-order valence-corrected chi connectivity index (χ0v) is 11.3. The van der Waals surface area contributed by atoms with Crippen molar-refractivity contribution in [1.29, 1.82) is 5.26 Å². The van der Waals surface area contributed by atoms with Gasteiger partial charge < -0.3 is 16.2 Å². The van der Waals surface area contributed by atoms with Gasteiger partial charge in [0.05, 0.1) is 17.3 Å². The first kappa shape index (κ1) is 14.6. The molecule has 0 unspecified atom stereocenters. The van der Waals surface area contributed by atoms with E-state index >= 15 is 0 Å². The lowest BCUT2D eigenvalue weighted by atomic mass is 10.1. The Kier molecular flexibility index (Phi) is 4.54. The predicted molar refractivity (Wildman–Crippen MR) is 79.6 cm³/mol. The van der Waals surface area contributed by atoms with Crippen LogP contribution in [0.5, 0.6) is 5.75 Å². The highest BCUT2D eigenvalue weighted by Gasteiger charge is 2.15. The summed E-state index contributed by atoms with van der Waals surface area (Å²) in [6, 6.07) is 14.5. The minimum absolute atomic E-state index is 0.166. The van der Waals surface area contributed by atoms with Crippen LogP contribution in [0.4, 0.5) is 5.69 Å². The molecule has 0 saturated carbocycles. The molecule has 21 heavy (non-hydrogen) atoms. The number of nitrogens with one attached hydrogen (secondary N) is 1. The Labute approximate surface area is 122 Å². The van der Waals surface area contributed by atoms with Crippen LogP contribution in [0.3, 0.4) is 0 Å². The van der Waals surface area contributed by atoms with E-state index in [0.29, 0.717) is 17.7 Å². The summed E-state index contributed by atoms with van der Waals surface area (Å²) in [5.74, 6) is -0.189. The van der Waals surface area contributed by atoms with Gasteiger partial charge in [-0.05, 0) is 36.2 Å². The SMILES string of the molecule is N#Cc1ccccc1NC(=O)[C@H](N)Cc1ccc(O)cc1. The maximum Gasteiger partial charge on any atom is 0.241 e. The molecule has 0 aliphatic rings. The molecule has 0 fully saturated rings. The second kappa shape index (κ2) is 6.55. The highest BCUT2D eigenvalue weighted by atomic mass is 16.3. The van der Waals surface area contributed by atoms with Crippen LogP contribution in [0.25, 0.3) is 0 Å². The van der Waals surface area contributed by atoms with Gasteiger partial charge in [0.15, 0.2) is 0 Å². The summed E-state index contributed by atoms with van der Waals surface area (Å²) in [6.45, 7) is 0. The van der Waals surface area contributed by atoms with Crippen molar-refractivity contribution in [2.45, 2.75) is 12.5 Å². The molecule has 0 bridgehead atoms. The van der Waals surface area contributed by atoms with Crippen LogP contribution in [0.15, 0.2) is 48.5 Å². The zero-order chi connectivity index (χ0) is 15.2. The first-order chi connectivity index (χ1) is 10.1. The average Bonchev–Trinajstić information content (AvgIpc) is 2.50. The van der Waals surface area contributed by atoms with Crippen molar-refractivity contribution in [3.05, 3.63) is 59.7 Å². The van der Waals surface area contributed by atoms with Crippen LogP contribution in [0, 0.1) is 11.3 Å². The van der Waals surface area contributed by atoms with Gasteiger partial charge in [0.1, 0.15) is 11.8 Å². The minimum Gasteiger partial charge on any atom is -0.508 e. The number of nitriles is 1. The zero-order valence-electron chi connectivity index (χ0n) is 11.3. The van der Waals surface area contributed by atoms with E-state index in [1.54, 1.807) is 48.5 Å². The maximum atomic E-state index is 12.1. The summed E-state index contributed by atoms with van der Waals surface area (Å²) in [5, 5.41) is 20.8. The molecule has 5 heteroatoms. The Morgan fingerprint density at radius 3 is 2.57 bits per heavy atom. The first-order valence-electron chi connectivity index (χ1n) is 6.43. The molecule has 0 radical (unpaired) electrons. The highest BCUT2D eigenvalue weighted by Crippen LogP contribution is 2.15. The molecule has 0 spiro atoms. The quantitative estimate of drug-likeness (QED) is 0.795. The Morgan fingerprint density at radius 1 is 1.24 bits per heavy atom. The number of phenols is 1. The largest absolute Gasteiger partial charge is 0.508 e. The number of para-hydroxylation sites is 1. The number of phenolic OH excluding ortho intramolecular Hbond substituents is 1. The van der Waals surface area contributed by atoms with Crippen LogP contribution in [-0.2, 0) is 11.2 Å². The number of nitrogens with zero attached hydrogens (tertiary/aromatic N) is 1. The molecule has 1 atom stereocenters. The molecular formula is C16H15N3O2. The standard InChI is InChI=1S/C16H15N3O2/c17-10-12-3-1-2-4-15(12)19-16(21)14(18)9-11-5-7-13(20)8-6-11/h1-8,14,20H,9,18H2,(H,19,21)/t14-/m1/s1. The van der Waals surface area contributed by atoms with E-state index in [1.165, 1.54) is 0 Å². The fraction of sp³-hybridized carbons (Fsp3) is 0.125. The third kappa shape index (κ3) is 3.81. The summed E-state index contributed by atoms with van der Waals surface area (Å²) in [5.41, 5.74) is 7.56. The van der Waals surface area contributed by atoms with Crippen molar-refractivity contribution in [3.8, 4) is 11.8 Å². The lowest BCUT2D eigenvalue weighted by Gasteiger charge is -2.13. The molecule has 5 nitrogen and oxygen atoms in total. The van der Waals surface area contributed by atoms with Gasteiger partial charge in [-0.15, -0.1) is 0 Å². The topological polar surface area (TPSA) is 99.1 Å². The lowest BCUT2D eigenvalue weighted by Crippen LogP contribution is -2.37. The van der Waals surface area contributed by atoms with Crippen molar-refractivity contribution < 1.29 is 9.90 Å². The van der Waals surface area contributed by atoms with Gasteiger partial charge >= 0.3 is 0 Å². The Morgan fingerprint density at radius 2 is 1.90 bits per heavy atom. The number of hydrogen-bond donors (Lipinski definition) is 3. The van der Waals surface area contributed by atoms with Gasteiger partial charge in [-0.1, -0.05) is 24.3 Å².